The fourth-order valence-corrected chi connectivity index (χ4v) is 4.04. The maximum atomic E-state index is 12.2. The van der Waals surface area contributed by atoms with Gasteiger partial charge < -0.3 is 5.11 Å². The van der Waals surface area contributed by atoms with Gasteiger partial charge in [0.2, 0.25) is 10.0 Å². The van der Waals surface area contributed by atoms with Crippen LogP contribution in [0.25, 0.3) is 0 Å². The van der Waals surface area contributed by atoms with Gasteiger partial charge in [0.15, 0.2) is 0 Å². The SMILES string of the molecule is O=S(=O)(Cc1ccccc1)NCC1(C(O)c2ccccc2)CC1. The molecule has 0 aliphatic heterocycles. The monoisotopic (exact) mass is 331 g/mol. The van der Waals surface area contributed by atoms with Crippen LogP contribution >= 0.6 is 0 Å². The summed E-state index contributed by atoms with van der Waals surface area (Å²) < 4.78 is 27.2. The molecule has 1 unspecified atom stereocenters. The van der Waals surface area contributed by atoms with Crippen LogP contribution in [0.3, 0.4) is 0 Å². The predicted octanol–water partition coefficient (Wildman–Crippen LogP) is 2.62. The second kappa shape index (κ2) is 6.43. The molecule has 0 spiro atoms. The van der Waals surface area contributed by atoms with Crippen LogP contribution in [0.15, 0.2) is 60.7 Å². The van der Waals surface area contributed by atoms with Gasteiger partial charge in [0.25, 0.3) is 0 Å². The smallest absolute Gasteiger partial charge is 0.215 e. The largest absolute Gasteiger partial charge is 0.388 e. The van der Waals surface area contributed by atoms with E-state index in [0.29, 0.717) is 0 Å². The van der Waals surface area contributed by atoms with E-state index in [2.05, 4.69) is 4.72 Å². The van der Waals surface area contributed by atoms with Gasteiger partial charge in [0, 0.05) is 12.0 Å². The number of hydrogen-bond donors (Lipinski definition) is 2. The lowest BCUT2D eigenvalue weighted by Crippen LogP contribution is -2.34. The van der Waals surface area contributed by atoms with Crippen LogP contribution < -0.4 is 4.72 Å². The quantitative estimate of drug-likeness (QED) is 0.819. The first-order chi connectivity index (χ1) is 11.0. The van der Waals surface area contributed by atoms with Gasteiger partial charge in [-0.3, -0.25) is 0 Å². The number of sulfonamides is 1. The first-order valence-electron chi connectivity index (χ1n) is 7.75. The molecule has 3 rings (SSSR count). The highest BCUT2D eigenvalue weighted by molar-refractivity contribution is 7.88. The van der Waals surface area contributed by atoms with Gasteiger partial charge in [-0.2, -0.15) is 0 Å². The van der Waals surface area contributed by atoms with Crippen LogP contribution in [-0.4, -0.2) is 20.1 Å². The fourth-order valence-electron chi connectivity index (χ4n) is 2.79. The van der Waals surface area contributed by atoms with Gasteiger partial charge in [-0.1, -0.05) is 60.7 Å². The predicted molar refractivity (Wildman–Crippen MR) is 90.1 cm³/mol. The van der Waals surface area contributed by atoms with E-state index in [-0.39, 0.29) is 17.7 Å². The number of hydrogen-bond acceptors (Lipinski definition) is 3. The number of benzene rings is 2. The molecular weight excluding hydrogens is 310 g/mol. The van der Waals surface area contributed by atoms with E-state index in [1.54, 1.807) is 12.1 Å². The number of aliphatic hydroxyl groups is 1. The van der Waals surface area contributed by atoms with E-state index in [4.69, 9.17) is 0 Å². The Morgan fingerprint density at radius 3 is 2.13 bits per heavy atom. The number of rotatable bonds is 7. The Morgan fingerprint density at radius 1 is 1.00 bits per heavy atom. The fraction of sp³-hybridized carbons (Fsp3) is 0.333. The highest BCUT2D eigenvalue weighted by Gasteiger charge is 2.49. The van der Waals surface area contributed by atoms with E-state index in [9.17, 15) is 13.5 Å². The van der Waals surface area contributed by atoms with Crippen LogP contribution in [0.4, 0.5) is 0 Å². The molecule has 1 aliphatic carbocycles. The van der Waals surface area contributed by atoms with Crippen molar-refractivity contribution in [1.82, 2.24) is 4.72 Å². The molecule has 122 valence electrons. The molecule has 1 fully saturated rings. The lowest BCUT2D eigenvalue weighted by Gasteiger charge is -2.23. The molecule has 0 heterocycles. The minimum atomic E-state index is -3.40. The highest BCUT2D eigenvalue weighted by atomic mass is 32.2. The Bertz CT molecular complexity index is 740. The lowest BCUT2D eigenvalue weighted by molar-refractivity contribution is 0.0953. The summed E-state index contributed by atoms with van der Waals surface area (Å²) >= 11 is 0. The molecule has 0 saturated heterocycles. The van der Waals surface area contributed by atoms with Crippen LogP contribution in [0.2, 0.25) is 0 Å². The summed E-state index contributed by atoms with van der Waals surface area (Å²) in [4.78, 5) is 0. The molecular formula is C18H21NO3S. The van der Waals surface area contributed by atoms with Crippen molar-refractivity contribution in [2.24, 2.45) is 5.41 Å². The average Bonchev–Trinajstić information content (AvgIpc) is 3.35. The Kier molecular flexibility index (Phi) is 4.53. The van der Waals surface area contributed by atoms with Crippen molar-refractivity contribution >= 4 is 10.0 Å². The van der Waals surface area contributed by atoms with Crippen molar-refractivity contribution in [2.75, 3.05) is 6.54 Å². The summed E-state index contributed by atoms with van der Waals surface area (Å²) in [5.74, 6) is -0.0364. The first-order valence-corrected chi connectivity index (χ1v) is 9.40. The van der Waals surface area contributed by atoms with Crippen molar-refractivity contribution in [1.29, 1.82) is 0 Å². The molecule has 2 N–H and O–H groups in total. The summed E-state index contributed by atoms with van der Waals surface area (Å²) in [6, 6.07) is 18.5. The van der Waals surface area contributed by atoms with Crippen LogP contribution in [0.5, 0.6) is 0 Å². The van der Waals surface area contributed by atoms with Crippen molar-refractivity contribution in [3.8, 4) is 0 Å². The Hall–Kier alpha value is -1.69. The summed E-state index contributed by atoms with van der Waals surface area (Å²) in [6.07, 6.45) is 1.02. The van der Waals surface area contributed by atoms with Crippen LogP contribution in [-0.2, 0) is 15.8 Å². The van der Waals surface area contributed by atoms with Gasteiger partial charge in [0.1, 0.15) is 0 Å². The zero-order valence-electron chi connectivity index (χ0n) is 12.9. The summed E-state index contributed by atoms with van der Waals surface area (Å²) in [5.41, 5.74) is 1.23. The van der Waals surface area contributed by atoms with E-state index < -0.39 is 16.1 Å². The van der Waals surface area contributed by atoms with Gasteiger partial charge >= 0.3 is 0 Å². The topological polar surface area (TPSA) is 66.4 Å². The third-order valence-electron chi connectivity index (χ3n) is 4.43. The van der Waals surface area contributed by atoms with E-state index in [0.717, 1.165) is 24.0 Å². The molecule has 1 saturated carbocycles. The third kappa shape index (κ3) is 3.99. The molecule has 5 heteroatoms. The molecule has 1 atom stereocenters. The molecule has 0 amide bonds. The number of nitrogens with one attached hydrogen (secondary N) is 1. The second-order valence-electron chi connectivity index (χ2n) is 6.24. The van der Waals surface area contributed by atoms with E-state index in [1.807, 2.05) is 48.5 Å². The highest BCUT2D eigenvalue weighted by Crippen LogP contribution is 2.54. The molecule has 1 aliphatic rings. The first kappa shape index (κ1) is 16.2. The van der Waals surface area contributed by atoms with E-state index in [1.165, 1.54) is 0 Å². The molecule has 23 heavy (non-hydrogen) atoms. The maximum Gasteiger partial charge on any atom is 0.215 e. The molecule has 0 aromatic heterocycles. The van der Waals surface area contributed by atoms with Crippen LogP contribution in [0, 0.1) is 5.41 Å². The van der Waals surface area contributed by atoms with Gasteiger partial charge in [-0.25, -0.2) is 13.1 Å². The minimum absolute atomic E-state index is 0.0364. The van der Waals surface area contributed by atoms with Gasteiger partial charge in [0.05, 0.1) is 11.9 Å². The Labute approximate surface area is 137 Å². The molecule has 2 aromatic carbocycles. The van der Waals surface area contributed by atoms with Crippen molar-refractivity contribution in [3.63, 3.8) is 0 Å². The summed E-state index contributed by atoms with van der Waals surface area (Å²) in [7, 11) is -3.40. The third-order valence-corrected chi connectivity index (χ3v) is 5.73. The Balaban J connectivity index is 1.63. The van der Waals surface area contributed by atoms with E-state index >= 15 is 0 Å². The number of aliphatic hydroxyl groups excluding tert-OH is 1. The molecule has 0 radical (unpaired) electrons. The maximum absolute atomic E-state index is 12.2. The lowest BCUT2D eigenvalue weighted by atomic mass is 9.93. The zero-order valence-corrected chi connectivity index (χ0v) is 13.7. The molecule has 4 nitrogen and oxygen atoms in total. The minimum Gasteiger partial charge on any atom is -0.388 e. The second-order valence-corrected chi connectivity index (χ2v) is 8.05. The van der Waals surface area contributed by atoms with Crippen LogP contribution in [0.1, 0.15) is 30.1 Å². The summed E-state index contributed by atoms with van der Waals surface area (Å²) in [5, 5.41) is 10.6. The zero-order chi connectivity index (χ0) is 16.3. The van der Waals surface area contributed by atoms with Gasteiger partial charge in [-0.05, 0) is 24.0 Å². The van der Waals surface area contributed by atoms with Crippen molar-refractivity contribution in [3.05, 3.63) is 71.8 Å². The van der Waals surface area contributed by atoms with Gasteiger partial charge in [-0.15, -0.1) is 0 Å². The standard InChI is InChI=1S/C18H21NO3S/c20-17(16-9-5-2-6-10-16)18(11-12-18)14-19-23(21,22)13-15-7-3-1-4-8-15/h1-10,17,19-20H,11-14H2. The summed E-state index contributed by atoms with van der Waals surface area (Å²) in [6.45, 7) is 0.276. The molecule has 0 bridgehead atoms. The molecule has 2 aromatic rings. The average molecular weight is 331 g/mol. The Morgan fingerprint density at radius 2 is 1.57 bits per heavy atom. The normalized spacial score (nSPS) is 17.6. The van der Waals surface area contributed by atoms with Crippen molar-refractivity contribution in [2.45, 2.75) is 24.7 Å². The van der Waals surface area contributed by atoms with Crippen molar-refractivity contribution < 1.29 is 13.5 Å².